The van der Waals surface area contributed by atoms with Gasteiger partial charge in [-0.1, -0.05) is 0 Å². The van der Waals surface area contributed by atoms with Crippen molar-refractivity contribution in [3.05, 3.63) is 34.9 Å². The van der Waals surface area contributed by atoms with E-state index >= 15 is 0 Å². The molecule has 1 amide bonds. The van der Waals surface area contributed by atoms with Crippen molar-refractivity contribution in [1.29, 1.82) is 0 Å². The maximum Gasteiger partial charge on any atom is 0.237 e. The fraction of sp³-hybridized carbons (Fsp3) is 0.438. The van der Waals surface area contributed by atoms with Crippen LogP contribution in [0.4, 0.5) is 0 Å². The summed E-state index contributed by atoms with van der Waals surface area (Å²) in [6, 6.07) is 3.94. The zero-order valence-corrected chi connectivity index (χ0v) is 13.2. The summed E-state index contributed by atoms with van der Waals surface area (Å²) in [4.78, 5) is 20.5. The van der Waals surface area contributed by atoms with E-state index in [0.29, 0.717) is 6.54 Å². The smallest absolute Gasteiger partial charge is 0.237 e. The highest BCUT2D eigenvalue weighted by Crippen LogP contribution is 2.21. The molecule has 1 aliphatic heterocycles. The van der Waals surface area contributed by atoms with E-state index in [2.05, 4.69) is 26.0 Å². The molecule has 1 atom stereocenters. The molecule has 1 fully saturated rings. The Hall–Kier alpha value is -1.79. The average molecular weight is 316 g/mol. The molecule has 0 radical (unpaired) electrons. The number of aromatic nitrogens is 2. The highest BCUT2D eigenvalue weighted by atomic mass is 32.1. The second-order valence-electron chi connectivity index (χ2n) is 5.41. The van der Waals surface area contributed by atoms with Crippen LogP contribution in [0.2, 0.25) is 0 Å². The van der Waals surface area contributed by atoms with E-state index in [-0.39, 0.29) is 11.9 Å². The van der Waals surface area contributed by atoms with Crippen LogP contribution < -0.4 is 10.6 Å². The van der Waals surface area contributed by atoms with Gasteiger partial charge in [0.1, 0.15) is 0 Å². The second-order valence-corrected chi connectivity index (χ2v) is 6.35. The maximum absolute atomic E-state index is 11.9. The zero-order chi connectivity index (χ0) is 15.2. The number of hydrogen-bond acceptors (Lipinski definition) is 5. The molecule has 0 aliphatic carbocycles. The van der Waals surface area contributed by atoms with Gasteiger partial charge in [-0.25, -0.2) is 4.98 Å². The number of carbonyl (C=O) groups excluding carboxylic acids is 1. The quantitative estimate of drug-likeness (QED) is 0.800. The highest BCUT2D eigenvalue weighted by Gasteiger charge is 2.21. The third-order valence-electron chi connectivity index (χ3n) is 3.77. The Labute approximate surface area is 134 Å². The molecule has 3 heterocycles. The Morgan fingerprint density at radius 1 is 1.41 bits per heavy atom. The molecule has 1 aliphatic rings. The van der Waals surface area contributed by atoms with Crippen LogP contribution >= 0.6 is 11.3 Å². The predicted octanol–water partition coefficient (Wildman–Crippen LogP) is 2.01. The van der Waals surface area contributed by atoms with E-state index in [1.54, 1.807) is 23.7 Å². The van der Waals surface area contributed by atoms with Gasteiger partial charge < -0.3 is 10.6 Å². The average Bonchev–Trinajstić information content (AvgIpc) is 3.24. The van der Waals surface area contributed by atoms with Crippen molar-refractivity contribution in [2.75, 3.05) is 13.1 Å². The monoisotopic (exact) mass is 316 g/mol. The number of rotatable bonds is 6. The molecule has 5 nitrogen and oxygen atoms in total. The zero-order valence-electron chi connectivity index (χ0n) is 12.4. The molecule has 2 aromatic heterocycles. The van der Waals surface area contributed by atoms with Gasteiger partial charge in [0, 0.05) is 36.3 Å². The summed E-state index contributed by atoms with van der Waals surface area (Å²) in [5.41, 5.74) is 2.10. The molecule has 2 aromatic rings. The fourth-order valence-electron chi connectivity index (χ4n) is 2.56. The van der Waals surface area contributed by atoms with Gasteiger partial charge in [-0.2, -0.15) is 0 Å². The lowest BCUT2D eigenvalue weighted by Gasteiger charge is -2.10. The number of amides is 1. The summed E-state index contributed by atoms with van der Waals surface area (Å²) in [5.74, 6) is 0.133. The Bertz CT molecular complexity index is 608. The third-order valence-corrected chi connectivity index (χ3v) is 4.68. The van der Waals surface area contributed by atoms with Gasteiger partial charge in [0.2, 0.25) is 5.91 Å². The Morgan fingerprint density at radius 3 is 3.05 bits per heavy atom. The van der Waals surface area contributed by atoms with Crippen molar-refractivity contribution >= 4 is 17.2 Å². The van der Waals surface area contributed by atoms with E-state index in [4.69, 9.17) is 0 Å². The fourth-order valence-corrected chi connectivity index (χ4v) is 3.41. The number of pyridine rings is 1. The first-order chi connectivity index (χ1) is 10.8. The molecule has 2 N–H and O–H groups in total. The lowest BCUT2D eigenvalue weighted by Crippen LogP contribution is -2.40. The SMILES string of the molecule is O=C(NCCCc1nc(-c2ccncc2)cs1)[C@@H]1CCCN1. The van der Waals surface area contributed by atoms with E-state index in [9.17, 15) is 4.79 Å². The van der Waals surface area contributed by atoms with Crippen LogP contribution in [0.25, 0.3) is 11.3 Å². The summed E-state index contributed by atoms with van der Waals surface area (Å²) >= 11 is 1.67. The minimum Gasteiger partial charge on any atom is -0.355 e. The molecular formula is C16H20N4OS. The normalized spacial score (nSPS) is 17.5. The number of hydrogen-bond donors (Lipinski definition) is 2. The molecule has 0 saturated carbocycles. The van der Waals surface area contributed by atoms with Crippen LogP contribution in [-0.4, -0.2) is 35.0 Å². The number of aryl methyl sites for hydroxylation is 1. The minimum atomic E-state index is 0.0122. The van der Waals surface area contributed by atoms with Crippen LogP contribution in [-0.2, 0) is 11.2 Å². The third kappa shape index (κ3) is 3.90. The summed E-state index contributed by atoms with van der Waals surface area (Å²) in [7, 11) is 0. The van der Waals surface area contributed by atoms with Gasteiger partial charge in [-0.15, -0.1) is 11.3 Å². The number of nitrogens with one attached hydrogen (secondary N) is 2. The van der Waals surface area contributed by atoms with E-state index < -0.39 is 0 Å². The first-order valence-corrected chi connectivity index (χ1v) is 8.57. The molecule has 0 spiro atoms. The molecule has 1 saturated heterocycles. The summed E-state index contributed by atoms with van der Waals surface area (Å²) < 4.78 is 0. The molecular weight excluding hydrogens is 296 g/mol. The molecule has 22 heavy (non-hydrogen) atoms. The van der Waals surface area contributed by atoms with Gasteiger partial charge in [0.05, 0.1) is 16.7 Å². The van der Waals surface area contributed by atoms with Crippen molar-refractivity contribution in [2.24, 2.45) is 0 Å². The van der Waals surface area contributed by atoms with Crippen LogP contribution in [0, 0.1) is 0 Å². The lowest BCUT2D eigenvalue weighted by atomic mass is 10.2. The van der Waals surface area contributed by atoms with Gasteiger partial charge in [0.15, 0.2) is 0 Å². The highest BCUT2D eigenvalue weighted by molar-refractivity contribution is 7.09. The van der Waals surface area contributed by atoms with Gasteiger partial charge in [-0.05, 0) is 37.9 Å². The van der Waals surface area contributed by atoms with Gasteiger partial charge in [-0.3, -0.25) is 9.78 Å². The van der Waals surface area contributed by atoms with Crippen LogP contribution in [0.15, 0.2) is 29.9 Å². The summed E-state index contributed by atoms with van der Waals surface area (Å²) in [5, 5.41) is 9.40. The van der Waals surface area contributed by atoms with Crippen LogP contribution in [0.3, 0.4) is 0 Å². The number of thiazole rings is 1. The summed E-state index contributed by atoms with van der Waals surface area (Å²) in [6.45, 7) is 1.66. The molecule has 0 bridgehead atoms. The van der Waals surface area contributed by atoms with E-state index in [0.717, 1.165) is 48.5 Å². The van der Waals surface area contributed by atoms with E-state index in [1.807, 2.05) is 12.1 Å². The van der Waals surface area contributed by atoms with Crippen molar-refractivity contribution in [1.82, 2.24) is 20.6 Å². The Morgan fingerprint density at radius 2 is 2.27 bits per heavy atom. The summed E-state index contributed by atoms with van der Waals surface area (Å²) in [6.07, 6.45) is 7.42. The topological polar surface area (TPSA) is 66.9 Å². The Balaban J connectivity index is 1.42. The molecule has 0 unspecified atom stereocenters. The Kier molecular flexibility index (Phi) is 5.13. The van der Waals surface area contributed by atoms with Crippen LogP contribution in [0.1, 0.15) is 24.3 Å². The molecule has 116 valence electrons. The van der Waals surface area contributed by atoms with E-state index in [1.165, 1.54) is 0 Å². The molecule has 6 heteroatoms. The van der Waals surface area contributed by atoms with Crippen molar-refractivity contribution in [2.45, 2.75) is 31.7 Å². The molecule has 3 rings (SSSR count). The van der Waals surface area contributed by atoms with Crippen LogP contribution in [0.5, 0.6) is 0 Å². The first-order valence-electron chi connectivity index (χ1n) is 7.69. The first kappa shape index (κ1) is 15.1. The maximum atomic E-state index is 11.9. The number of carbonyl (C=O) groups is 1. The minimum absolute atomic E-state index is 0.0122. The van der Waals surface area contributed by atoms with Gasteiger partial charge >= 0.3 is 0 Å². The number of nitrogens with zero attached hydrogens (tertiary/aromatic N) is 2. The van der Waals surface area contributed by atoms with Crippen molar-refractivity contribution < 1.29 is 4.79 Å². The van der Waals surface area contributed by atoms with Crippen molar-refractivity contribution in [3.8, 4) is 11.3 Å². The largest absolute Gasteiger partial charge is 0.355 e. The standard InChI is InChI=1S/C16H20N4OS/c21-16(13-3-1-7-18-13)19-8-2-4-15-20-14(11-22-15)12-5-9-17-10-6-12/h5-6,9-11,13,18H,1-4,7-8H2,(H,19,21)/t13-/m0/s1. The molecule has 0 aromatic carbocycles. The second kappa shape index (κ2) is 7.47. The predicted molar refractivity (Wildman–Crippen MR) is 87.7 cm³/mol. The van der Waals surface area contributed by atoms with Gasteiger partial charge in [0.25, 0.3) is 0 Å². The lowest BCUT2D eigenvalue weighted by molar-refractivity contribution is -0.122. The van der Waals surface area contributed by atoms with Crippen molar-refractivity contribution in [3.63, 3.8) is 0 Å².